The number of benzene rings is 1. The van der Waals surface area contributed by atoms with Crippen LogP contribution in [0.1, 0.15) is 30.3 Å². The van der Waals surface area contributed by atoms with Crippen molar-refractivity contribution in [2.45, 2.75) is 45.8 Å². The Morgan fingerprint density at radius 3 is 2.88 bits per heavy atom. The van der Waals surface area contributed by atoms with Crippen LogP contribution in [0.5, 0.6) is 0 Å². The molecule has 2 aromatic rings. The van der Waals surface area contributed by atoms with Gasteiger partial charge in [0.15, 0.2) is 0 Å². The zero-order chi connectivity index (χ0) is 16.9. The van der Waals surface area contributed by atoms with Gasteiger partial charge in [0, 0.05) is 38.6 Å². The Kier molecular flexibility index (Phi) is 5.30. The van der Waals surface area contributed by atoms with Gasteiger partial charge in [-0.05, 0) is 37.8 Å². The number of nitrogens with zero attached hydrogens (tertiary/aromatic N) is 3. The highest BCUT2D eigenvalue weighted by Gasteiger charge is 2.24. The van der Waals surface area contributed by atoms with Gasteiger partial charge >= 0.3 is 0 Å². The molecule has 0 aliphatic carbocycles. The van der Waals surface area contributed by atoms with E-state index in [2.05, 4.69) is 44.0 Å². The maximum absolute atomic E-state index is 12.4. The minimum Gasteiger partial charge on any atom is -0.355 e. The van der Waals surface area contributed by atoms with E-state index in [1.165, 1.54) is 11.1 Å². The molecule has 0 unspecified atom stereocenters. The van der Waals surface area contributed by atoms with Gasteiger partial charge in [-0.1, -0.05) is 24.3 Å². The second-order valence-electron chi connectivity index (χ2n) is 6.48. The first-order valence-electron chi connectivity index (χ1n) is 8.71. The molecule has 0 bridgehead atoms. The van der Waals surface area contributed by atoms with Crippen LogP contribution in [-0.4, -0.2) is 39.5 Å². The van der Waals surface area contributed by atoms with E-state index in [-0.39, 0.29) is 11.9 Å². The van der Waals surface area contributed by atoms with Crippen molar-refractivity contribution < 1.29 is 4.79 Å². The Hall–Kier alpha value is -2.14. The molecule has 1 atom stereocenters. The highest BCUT2D eigenvalue weighted by Crippen LogP contribution is 2.20. The lowest BCUT2D eigenvalue weighted by molar-refractivity contribution is -0.126. The van der Waals surface area contributed by atoms with Crippen molar-refractivity contribution in [3.63, 3.8) is 0 Å². The van der Waals surface area contributed by atoms with Gasteiger partial charge in [-0.2, -0.15) is 0 Å². The number of nitrogens with one attached hydrogen (secondary N) is 1. The largest absolute Gasteiger partial charge is 0.355 e. The van der Waals surface area contributed by atoms with Gasteiger partial charge in [-0.15, -0.1) is 0 Å². The third-order valence-electron chi connectivity index (χ3n) is 4.89. The molecule has 5 nitrogen and oxygen atoms in total. The van der Waals surface area contributed by atoms with Crippen molar-refractivity contribution in [3.8, 4) is 0 Å². The quantitative estimate of drug-likeness (QED) is 0.828. The fourth-order valence-electron chi connectivity index (χ4n) is 3.26. The topological polar surface area (TPSA) is 50.2 Å². The molecule has 1 N–H and O–H groups in total. The number of aromatic nitrogens is 2. The van der Waals surface area contributed by atoms with Crippen molar-refractivity contribution in [1.29, 1.82) is 0 Å². The Balaban J connectivity index is 1.44. The minimum atomic E-state index is -0.0895. The molecule has 1 amide bonds. The molecule has 0 fully saturated rings. The van der Waals surface area contributed by atoms with Gasteiger partial charge in [-0.25, -0.2) is 4.98 Å². The van der Waals surface area contributed by atoms with Crippen molar-refractivity contribution >= 4 is 5.91 Å². The lowest BCUT2D eigenvalue weighted by Crippen LogP contribution is -2.47. The summed E-state index contributed by atoms with van der Waals surface area (Å²) >= 11 is 0. The highest BCUT2D eigenvalue weighted by molar-refractivity contribution is 5.81. The van der Waals surface area contributed by atoms with Crippen LogP contribution < -0.4 is 5.32 Å². The Morgan fingerprint density at radius 1 is 1.33 bits per heavy atom. The summed E-state index contributed by atoms with van der Waals surface area (Å²) in [6.07, 6.45) is 5.72. The molecule has 0 radical (unpaired) electrons. The molecule has 5 heteroatoms. The first-order chi connectivity index (χ1) is 11.6. The number of aryl methyl sites for hydroxylation is 2. The van der Waals surface area contributed by atoms with Crippen LogP contribution >= 0.6 is 0 Å². The second-order valence-corrected chi connectivity index (χ2v) is 6.48. The molecule has 1 aliphatic rings. The molecular formula is C19H26N4O. The van der Waals surface area contributed by atoms with Gasteiger partial charge < -0.3 is 9.88 Å². The van der Waals surface area contributed by atoms with Crippen molar-refractivity contribution in [2.75, 3.05) is 13.1 Å². The molecule has 0 saturated heterocycles. The van der Waals surface area contributed by atoms with E-state index in [0.29, 0.717) is 6.54 Å². The van der Waals surface area contributed by atoms with E-state index in [1.54, 1.807) is 0 Å². The fraction of sp³-hybridized carbons (Fsp3) is 0.474. The van der Waals surface area contributed by atoms with E-state index >= 15 is 0 Å². The van der Waals surface area contributed by atoms with Crippen LogP contribution in [0.3, 0.4) is 0 Å². The van der Waals surface area contributed by atoms with Crippen LogP contribution in [0.25, 0.3) is 0 Å². The first-order valence-corrected chi connectivity index (χ1v) is 8.71. The first kappa shape index (κ1) is 16.7. The van der Waals surface area contributed by atoms with Crippen LogP contribution in [0.4, 0.5) is 0 Å². The normalized spacial score (nSPS) is 15.8. The summed E-state index contributed by atoms with van der Waals surface area (Å²) in [4.78, 5) is 18.9. The average Bonchev–Trinajstić information content (AvgIpc) is 3.02. The standard InChI is InChI=1S/C19H26N4O/c1-15(23-12-8-17-6-3-4-7-18(17)14-23)19(24)21-9-5-11-22-13-10-20-16(22)2/h3-4,6-7,10,13,15H,5,8-9,11-12,14H2,1-2H3,(H,21,24)/t15-/m1/s1. The van der Waals surface area contributed by atoms with E-state index in [0.717, 1.165) is 38.3 Å². The smallest absolute Gasteiger partial charge is 0.237 e. The van der Waals surface area contributed by atoms with Crippen LogP contribution in [0.15, 0.2) is 36.7 Å². The summed E-state index contributed by atoms with van der Waals surface area (Å²) in [5.74, 6) is 1.14. The lowest BCUT2D eigenvalue weighted by atomic mass is 9.99. The predicted octanol–water partition coefficient (Wildman–Crippen LogP) is 2.14. The number of hydrogen-bond donors (Lipinski definition) is 1. The molecule has 1 aromatic carbocycles. The predicted molar refractivity (Wildman–Crippen MR) is 94.6 cm³/mol. The summed E-state index contributed by atoms with van der Waals surface area (Å²) in [5.41, 5.74) is 2.76. The van der Waals surface area contributed by atoms with Gasteiger partial charge in [0.05, 0.1) is 6.04 Å². The SMILES string of the molecule is Cc1nccn1CCCNC(=O)[C@@H](C)N1CCc2ccccc2C1. The van der Waals surface area contributed by atoms with Crippen LogP contribution in [0, 0.1) is 6.92 Å². The number of carbonyl (C=O) groups is 1. The lowest BCUT2D eigenvalue weighted by Gasteiger charge is -2.32. The van der Waals surface area contributed by atoms with E-state index in [9.17, 15) is 4.79 Å². The van der Waals surface area contributed by atoms with Gasteiger partial charge in [0.25, 0.3) is 0 Å². The number of fused-ring (bicyclic) bond motifs is 1. The zero-order valence-corrected chi connectivity index (χ0v) is 14.5. The second kappa shape index (κ2) is 7.62. The Labute approximate surface area is 143 Å². The fourth-order valence-corrected chi connectivity index (χ4v) is 3.26. The number of amides is 1. The van der Waals surface area contributed by atoms with E-state index in [1.807, 2.05) is 26.2 Å². The van der Waals surface area contributed by atoms with Crippen LogP contribution in [0.2, 0.25) is 0 Å². The average molecular weight is 326 g/mol. The molecular weight excluding hydrogens is 300 g/mol. The summed E-state index contributed by atoms with van der Waals surface area (Å²) in [5, 5.41) is 3.07. The Bertz CT molecular complexity index is 694. The number of carbonyl (C=O) groups excluding carboxylic acids is 1. The number of imidazole rings is 1. The van der Waals surface area contributed by atoms with Crippen molar-refractivity contribution in [1.82, 2.24) is 19.8 Å². The maximum atomic E-state index is 12.4. The third kappa shape index (κ3) is 3.85. The van der Waals surface area contributed by atoms with Crippen molar-refractivity contribution in [2.24, 2.45) is 0 Å². The molecule has 1 aromatic heterocycles. The van der Waals surface area contributed by atoms with Gasteiger partial charge in [0.2, 0.25) is 5.91 Å². The van der Waals surface area contributed by atoms with Crippen molar-refractivity contribution in [3.05, 3.63) is 53.6 Å². The zero-order valence-electron chi connectivity index (χ0n) is 14.5. The van der Waals surface area contributed by atoms with Gasteiger partial charge in [-0.3, -0.25) is 9.69 Å². The Morgan fingerprint density at radius 2 is 2.12 bits per heavy atom. The van der Waals surface area contributed by atoms with E-state index in [4.69, 9.17) is 0 Å². The minimum absolute atomic E-state index is 0.0895. The molecule has 0 saturated carbocycles. The van der Waals surface area contributed by atoms with Crippen LogP contribution in [-0.2, 0) is 24.3 Å². The molecule has 1 aliphatic heterocycles. The molecule has 0 spiro atoms. The molecule has 2 heterocycles. The summed E-state index contributed by atoms with van der Waals surface area (Å²) in [6, 6.07) is 8.43. The van der Waals surface area contributed by atoms with Gasteiger partial charge in [0.1, 0.15) is 5.82 Å². The third-order valence-corrected chi connectivity index (χ3v) is 4.89. The number of rotatable bonds is 6. The number of hydrogen-bond acceptors (Lipinski definition) is 3. The maximum Gasteiger partial charge on any atom is 0.237 e. The summed E-state index contributed by atoms with van der Waals surface area (Å²) in [6.45, 7) is 7.39. The van der Waals surface area contributed by atoms with E-state index < -0.39 is 0 Å². The highest BCUT2D eigenvalue weighted by atomic mass is 16.2. The molecule has 128 valence electrons. The summed E-state index contributed by atoms with van der Waals surface area (Å²) in [7, 11) is 0. The monoisotopic (exact) mass is 326 g/mol. The molecule has 3 rings (SSSR count). The molecule has 24 heavy (non-hydrogen) atoms. The summed E-state index contributed by atoms with van der Waals surface area (Å²) < 4.78 is 2.11.